The number of fused-ring (bicyclic) bond motifs is 3. The van der Waals surface area contributed by atoms with Gasteiger partial charge in [-0.2, -0.15) is 0 Å². The first-order chi connectivity index (χ1) is 15.8. The number of benzene rings is 3. The maximum Gasteiger partial charge on any atom is 0.407 e. The summed E-state index contributed by atoms with van der Waals surface area (Å²) in [6, 6.07) is 19.4. The largest absolute Gasteiger partial charge is 0.480 e. The van der Waals surface area contributed by atoms with E-state index >= 15 is 0 Å². The van der Waals surface area contributed by atoms with Crippen molar-refractivity contribution in [2.75, 3.05) is 6.61 Å². The molecule has 0 bridgehead atoms. The molecule has 5 nitrogen and oxygen atoms in total. The van der Waals surface area contributed by atoms with E-state index in [-0.39, 0.29) is 12.5 Å². The van der Waals surface area contributed by atoms with Crippen molar-refractivity contribution in [3.05, 3.63) is 94.0 Å². The molecule has 0 saturated carbocycles. The Kier molecular flexibility index (Phi) is 6.50. The van der Waals surface area contributed by atoms with Gasteiger partial charge in [-0.05, 0) is 72.6 Å². The van der Waals surface area contributed by atoms with Gasteiger partial charge in [0.15, 0.2) is 0 Å². The third-order valence-electron chi connectivity index (χ3n) is 6.46. The van der Waals surface area contributed by atoms with Crippen LogP contribution in [0.3, 0.4) is 0 Å². The third kappa shape index (κ3) is 4.77. The summed E-state index contributed by atoms with van der Waals surface area (Å²) in [4.78, 5) is 24.3. The first-order valence-corrected chi connectivity index (χ1v) is 11.3. The summed E-state index contributed by atoms with van der Waals surface area (Å²) in [6.07, 6.45) is 0.157. The molecule has 0 spiro atoms. The molecule has 0 aliphatic heterocycles. The van der Waals surface area contributed by atoms with Gasteiger partial charge in [0.25, 0.3) is 0 Å². The summed E-state index contributed by atoms with van der Waals surface area (Å²) in [6.45, 7) is 6.26. The molecule has 1 atom stereocenters. The summed E-state index contributed by atoms with van der Waals surface area (Å²) >= 11 is 0. The first-order valence-electron chi connectivity index (χ1n) is 11.3. The Labute approximate surface area is 194 Å². The summed E-state index contributed by atoms with van der Waals surface area (Å²) in [7, 11) is 0. The van der Waals surface area contributed by atoms with E-state index in [2.05, 4.69) is 29.6 Å². The maximum atomic E-state index is 12.5. The number of hydrogen-bond donors (Lipinski definition) is 2. The van der Waals surface area contributed by atoms with Crippen molar-refractivity contribution in [3.63, 3.8) is 0 Å². The van der Waals surface area contributed by atoms with Gasteiger partial charge >= 0.3 is 12.1 Å². The van der Waals surface area contributed by atoms with Crippen LogP contribution in [-0.2, 0) is 16.0 Å². The Hall–Kier alpha value is -3.60. The molecule has 0 fully saturated rings. The number of aliphatic carboxylic acids is 1. The van der Waals surface area contributed by atoms with Crippen molar-refractivity contribution >= 4 is 12.1 Å². The maximum absolute atomic E-state index is 12.5. The molecule has 5 heteroatoms. The fraction of sp³-hybridized carbons (Fsp3) is 0.286. The lowest BCUT2D eigenvalue weighted by Crippen LogP contribution is -2.41. The van der Waals surface area contributed by atoms with Crippen LogP contribution in [0.15, 0.2) is 60.7 Å². The summed E-state index contributed by atoms with van der Waals surface area (Å²) in [5.74, 6) is -1.13. The molecule has 0 radical (unpaired) electrons. The normalized spacial score (nSPS) is 13.2. The van der Waals surface area contributed by atoms with E-state index in [0.29, 0.717) is 12.8 Å². The lowest BCUT2D eigenvalue weighted by Gasteiger charge is -2.18. The molecule has 0 heterocycles. The number of carboxylic acids is 1. The Morgan fingerprint density at radius 2 is 1.48 bits per heavy atom. The van der Waals surface area contributed by atoms with Crippen LogP contribution in [0.25, 0.3) is 11.1 Å². The van der Waals surface area contributed by atoms with E-state index in [1.165, 1.54) is 5.56 Å². The molecule has 0 saturated heterocycles. The van der Waals surface area contributed by atoms with Crippen LogP contribution < -0.4 is 5.32 Å². The molecule has 0 aromatic heterocycles. The number of amides is 1. The molecule has 0 unspecified atom stereocenters. The summed E-state index contributed by atoms with van der Waals surface area (Å²) in [5.41, 5.74) is 9.11. The summed E-state index contributed by atoms with van der Waals surface area (Å²) < 4.78 is 5.52. The summed E-state index contributed by atoms with van der Waals surface area (Å²) in [5, 5.41) is 12.2. The number of ether oxygens (including phenoxy) is 1. The number of nitrogens with one attached hydrogen (secondary N) is 1. The molecule has 2 N–H and O–H groups in total. The molecule has 170 valence electrons. The van der Waals surface area contributed by atoms with E-state index in [0.717, 1.165) is 38.9 Å². The van der Waals surface area contributed by atoms with Crippen LogP contribution >= 0.6 is 0 Å². The fourth-order valence-electron chi connectivity index (χ4n) is 4.93. The minimum absolute atomic E-state index is 0.0655. The standard InChI is InChI=1S/C28H29NO4/c1-17-14-18(2)20(19(3)15-17)12-13-26(27(30)31)29-28(32)33-16-25-23-10-6-4-8-21(23)22-9-5-7-11-24(22)25/h4-11,14-15,25-26H,12-13,16H2,1-3H3,(H,29,32)(H,30,31)/t26-/m0/s1. The van der Waals surface area contributed by atoms with E-state index in [4.69, 9.17) is 4.74 Å². The molecule has 1 amide bonds. The molecule has 3 aromatic rings. The zero-order chi connectivity index (χ0) is 23.5. The molecular formula is C28H29NO4. The Morgan fingerprint density at radius 3 is 2.03 bits per heavy atom. The van der Waals surface area contributed by atoms with Crippen molar-refractivity contribution in [3.8, 4) is 11.1 Å². The van der Waals surface area contributed by atoms with E-state index < -0.39 is 18.1 Å². The average Bonchev–Trinajstić information content (AvgIpc) is 3.10. The lowest BCUT2D eigenvalue weighted by molar-refractivity contribution is -0.139. The van der Waals surface area contributed by atoms with Crippen molar-refractivity contribution in [1.29, 1.82) is 0 Å². The number of alkyl carbamates (subject to hydrolysis) is 1. The quantitative estimate of drug-likeness (QED) is 0.503. The predicted molar refractivity (Wildman–Crippen MR) is 129 cm³/mol. The van der Waals surface area contributed by atoms with Gasteiger partial charge in [-0.3, -0.25) is 0 Å². The molecule has 4 rings (SSSR count). The van der Waals surface area contributed by atoms with Gasteiger partial charge in [0.1, 0.15) is 12.6 Å². The molecule has 1 aliphatic carbocycles. The number of hydrogen-bond acceptors (Lipinski definition) is 3. The minimum Gasteiger partial charge on any atom is -0.480 e. The number of aryl methyl sites for hydroxylation is 3. The highest BCUT2D eigenvalue weighted by Crippen LogP contribution is 2.44. The Balaban J connectivity index is 1.40. The van der Waals surface area contributed by atoms with Crippen molar-refractivity contribution in [2.24, 2.45) is 0 Å². The molecule has 3 aromatic carbocycles. The van der Waals surface area contributed by atoms with E-state index in [1.807, 2.05) is 57.2 Å². The highest BCUT2D eigenvalue weighted by atomic mass is 16.5. The lowest BCUT2D eigenvalue weighted by atomic mass is 9.94. The minimum atomic E-state index is -1.06. The monoisotopic (exact) mass is 443 g/mol. The highest BCUT2D eigenvalue weighted by molar-refractivity contribution is 5.81. The zero-order valence-electron chi connectivity index (χ0n) is 19.2. The Morgan fingerprint density at radius 1 is 0.939 bits per heavy atom. The van der Waals surface area contributed by atoms with Crippen molar-refractivity contribution in [1.82, 2.24) is 5.32 Å². The van der Waals surface area contributed by atoms with Gasteiger partial charge in [-0.25, -0.2) is 9.59 Å². The van der Waals surface area contributed by atoms with Crippen LogP contribution in [0.4, 0.5) is 4.79 Å². The smallest absolute Gasteiger partial charge is 0.407 e. The van der Waals surface area contributed by atoms with Gasteiger partial charge in [-0.1, -0.05) is 66.2 Å². The molecular weight excluding hydrogens is 414 g/mol. The van der Waals surface area contributed by atoms with Gasteiger partial charge in [0.05, 0.1) is 0 Å². The average molecular weight is 444 g/mol. The number of carboxylic acid groups (broad SMARTS) is 1. The van der Waals surface area contributed by atoms with Gasteiger partial charge < -0.3 is 15.2 Å². The van der Waals surface area contributed by atoms with Crippen LogP contribution in [-0.4, -0.2) is 29.8 Å². The van der Waals surface area contributed by atoms with Crippen molar-refractivity contribution in [2.45, 2.75) is 45.6 Å². The molecule has 1 aliphatic rings. The van der Waals surface area contributed by atoms with Crippen LogP contribution in [0.1, 0.15) is 45.7 Å². The SMILES string of the molecule is Cc1cc(C)c(CC[C@H](NC(=O)OCC2c3ccccc3-c3ccccc32)C(=O)O)c(C)c1. The second kappa shape index (κ2) is 9.49. The second-order valence-corrected chi connectivity index (χ2v) is 8.78. The molecule has 33 heavy (non-hydrogen) atoms. The first kappa shape index (κ1) is 22.6. The topological polar surface area (TPSA) is 75.6 Å². The second-order valence-electron chi connectivity index (χ2n) is 8.78. The number of rotatable bonds is 7. The Bertz CT molecular complexity index is 1130. The zero-order valence-corrected chi connectivity index (χ0v) is 19.2. The fourth-order valence-corrected chi connectivity index (χ4v) is 4.93. The van der Waals surface area contributed by atoms with Crippen LogP contribution in [0.5, 0.6) is 0 Å². The third-order valence-corrected chi connectivity index (χ3v) is 6.46. The number of carbonyl (C=O) groups excluding carboxylic acids is 1. The van der Waals surface area contributed by atoms with Gasteiger partial charge in [-0.15, -0.1) is 0 Å². The van der Waals surface area contributed by atoms with Crippen LogP contribution in [0, 0.1) is 20.8 Å². The van der Waals surface area contributed by atoms with E-state index in [1.54, 1.807) is 0 Å². The predicted octanol–water partition coefficient (Wildman–Crippen LogP) is 5.54. The van der Waals surface area contributed by atoms with Gasteiger partial charge in [0.2, 0.25) is 0 Å². The number of carbonyl (C=O) groups is 2. The highest BCUT2D eigenvalue weighted by Gasteiger charge is 2.29. The van der Waals surface area contributed by atoms with Crippen molar-refractivity contribution < 1.29 is 19.4 Å². The van der Waals surface area contributed by atoms with Gasteiger partial charge in [0, 0.05) is 5.92 Å². The van der Waals surface area contributed by atoms with E-state index in [9.17, 15) is 14.7 Å². The van der Waals surface area contributed by atoms with Crippen LogP contribution in [0.2, 0.25) is 0 Å².